The summed E-state index contributed by atoms with van der Waals surface area (Å²) in [6.45, 7) is 3.61. The summed E-state index contributed by atoms with van der Waals surface area (Å²) >= 11 is 0. The van der Waals surface area contributed by atoms with Gasteiger partial charge in [-0.05, 0) is 77.0 Å². The lowest BCUT2D eigenvalue weighted by atomic mass is 9.99. The van der Waals surface area contributed by atoms with E-state index in [1.807, 2.05) is 6.08 Å². The zero-order chi connectivity index (χ0) is 46.6. The zero-order valence-corrected chi connectivity index (χ0v) is 40.5. The third-order valence-electron chi connectivity index (χ3n) is 11.7. The Morgan fingerprint density at radius 3 is 1.50 bits per heavy atom. The topological polar surface area (TPSA) is 149 Å². The van der Waals surface area contributed by atoms with Crippen LogP contribution in [0.5, 0.6) is 0 Å². The SMILES string of the molecule is CC/C=C\C/C=C\C/C=C\C/C=C\C/C=C\CCCCCCCCCCCCCCCC(=O)NC(COC1OC(CO)C(O)C(O)C1O)C(O)/C=C/CC/C=C/CCCCCCCC. The minimum absolute atomic E-state index is 0.193. The van der Waals surface area contributed by atoms with Crippen LogP contribution in [0, 0.1) is 0 Å². The maximum atomic E-state index is 13.0. The molecule has 7 unspecified atom stereocenters. The molecule has 1 amide bonds. The molecule has 6 N–H and O–H groups in total. The minimum Gasteiger partial charge on any atom is -0.394 e. The molecule has 0 bridgehead atoms. The summed E-state index contributed by atoms with van der Waals surface area (Å²) < 4.78 is 11.2. The van der Waals surface area contributed by atoms with E-state index in [-0.39, 0.29) is 12.5 Å². The van der Waals surface area contributed by atoms with Crippen molar-refractivity contribution >= 4 is 5.91 Å². The molecule has 64 heavy (non-hydrogen) atoms. The van der Waals surface area contributed by atoms with Gasteiger partial charge in [-0.2, -0.15) is 0 Å². The maximum Gasteiger partial charge on any atom is 0.220 e. The lowest BCUT2D eigenvalue weighted by molar-refractivity contribution is -0.302. The fourth-order valence-electron chi connectivity index (χ4n) is 7.61. The molecule has 1 aliphatic heterocycles. The number of nitrogens with one attached hydrogen (secondary N) is 1. The first-order chi connectivity index (χ1) is 31.3. The number of rotatable bonds is 42. The quantitative estimate of drug-likeness (QED) is 0.0262. The molecule has 1 heterocycles. The summed E-state index contributed by atoms with van der Waals surface area (Å²) in [5.41, 5.74) is 0. The van der Waals surface area contributed by atoms with Crippen LogP contribution < -0.4 is 5.32 Å². The zero-order valence-electron chi connectivity index (χ0n) is 40.5. The van der Waals surface area contributed by atoms with E-state index in [0.717, 1.165) is 70.6 Å². The molecule has 9 nitrogen and oxygen atoms in total. The highest BCUT2D eigenvalue weighted by Gasteiger charge is 2.44. The van der Waals surface area contributed by atoms with Crippen LogP contribution in [0.15, 0.2) is 85.1 Å². The van der Waals surface area contributed by atoms with Gasteiger partial charge in [0.05, 0.1) is 25.4 Å². The number of hydrogen-bond acceptors (Lipinski definition) is 8. The largest absolute Gasteiger partial charge is 0.394 e. The first kappa shape index (κ1) is 59.4. The number of ether oxygens (including phenoxy) is 2. The Kier molecular flexibility index (Phi) is 41.0. The van der Waals surface area contributed by atoms with Gasteiger partial charge in [-0.25, -0.2) is 0 Å². The fourth-order valence-corrected chi connectivity index (χ4v) is 7.61. The highest BCUT2D eigenvalue weighted by molar-refractivity contribution is 5.76. The number of allylic oxidation sites excluding steroid dienone is 13. The molecule has 0 radical (unpaired) electrons. The predicted octanol–water partition coefficient (Wildman–Crippen LogP) is 11.9. The third kappa shape index (κ3) is 33.8. The average molecular weight is 898 g/mol. The van der Waals surface area contributed by atoms with Crippen LogP contribution in [0.2, 0.25) is 0 Å². The van der Waals surface area contributed by atoms with Crippen LogP contribution in [-0.2, 0) is 14.3 Å². The van der Waals surface area contributed by atoms with Crippen molar-refractivity contribution in [3.63, 3.8) is 0 Å². The lowest BCUT2D eigenvalue weighted by Crippen LogP contribution is -2.60. The van der Waals surface area contributed by atoms with Crippen molar-refractivity contribution < 1.29 is 39.8 Å². The summed E-state index contributed by atoms with van der Waals surface area (Å²) in [7, 11) is 0. The van der Waals surface area contributed by atoms with Crippen molar-refractivity contribution in [3.05, 3.63) is 85.1 Å². The first-order valence-corrected chi connectivity index (χ1v) is 25.8. The number of unbranched alkanes of at least 4 members (excludes halogenated alkanes) is 20. The molecule has 9 heteroatoms. The number of carbonyl (C=O) groups excluding carboxylic acids is 1. The molecule has 1 saturated heterocycles. The second kappa shape index (κ2) is 44.2. The highest BCUT2D eigenvalue weighted by atomic mass is 16.7. The summed E-state index contributed by atoms with van der Waals surface area (Å²) in [4.78, 5) is 13.0. The lowest BCUT2D eigenvalue weighted by Gasteiger charge is -2.40. The molecular formula is C55H95NO8. The van der Waals surface area contributed by atoms with Gasteiger partial charge < -0.3 is 40.3 Å². The molecule has 0 aromatic heterocycles. The van der Waals surface area contributed by atoms with E-state index in [0.29, 0.717) is 6.42 Å². The molecule has 1 fully saturated rings. The van der Waals surface area contributed by atoms with Crippen molar-refractivity contribution in [2.75, 3.05) is 13.2 Å². The smallest absolute Gasteiger partial charge is 0.220 e. The van der Waals surface area contributed by atoms with E-state index in [2.05, 4.69) is 92.1 Å². The third-order valence-corrected chi connectivity index (χ3v) is 11.7. The second-order valence-electron chi connectivity index (χ2n) is 17.6. The van der Waals surface area contributed by atoms with Crippen molar-refractivity contribution in [1.82, 2.24) is 5.32 Å². The average Bonchev–Trinajstić information content (AvgIpc) is 3.29. The van der Waals surface area contributed by atoms with E-state index in [4.69, 9.17) is 9.47 Å². The Morgan fingerprint density at radius 2 is 0.984 bits per heavy atom. The van der Waals surface area contributed by atoms with E-state index in [9.17, 15) is 30.3 Å². The molecule has 0 spiro atoms. The van der Waals surface area contributed by atoms with Crippen LogP contribution in [0.4, 0.5) is 0 Å². The summed E-state index contributed by atoms with van der Waals surface area (Å²) in [6, 6.07) is -0.825. The Morgan fingerprint density at radius 1 is 0.547 bits per heavy atom. The van der Waals surface area contributed by atoms with Crippen LogP contribution >= 0.6 is 0 Å². The summed E-state index contributed by atoms with van der Waals surface area (Å²) in [6.07, 6.45) is 55.0. The van der Waals surface area contributed by atoms with Gasteiger partial charge in [0.1, 0.15) is 24.4 Å². The number of aliphatic hydroxyl groups excluding tert-OH is 5. The van der Waals surface area contributed by atoms with E-state index >= 15 is 0 Å². The predicted molar refractivity (Wildman–Crippen MR) is 267 cm³/mol. The Hall–Kier alpha value is -2.63. The van der Waals surface area contributed by atoms with Gasteiger partial charge >= 0.3 is 0 Å². The molecule has 0 aliphatic carbocycles. The fraction of sp³-hybridized carbons (Fsp3) is 0.727. The van der Waals surface area contributed by atoms with Crippen LogP contribution in [0.1, 0.15) is 200 Å². The normalized spacial score (nSPS) is 20.8. The Balaban J connectivity index is 2.21. The van der Waals surface area contributed by atoms with Crippen molar-refractivity contribution in [1.29, 1.82) is 0 Å². The number of carbonyl (C=O) groups is 1. The van der Waals surface area contributed by atoms with Crippen LogP contribution in [-0.4, -0.2) is 87.5 Å². The Labute approximate surface area is 391 Å². The van der Waals surface area contributed by atoms with Gasteiger partial charge in [0.2, 0.25) is 5.91 Å². The van der Waals surface area contributed by atoms with Gasteiger partial charge in [-0.15, -0.1) is 0 Å². The van der Waals surface area contributed by atoms with Gasteiger partial charge in [-0.3, -0.25) is 4.79 Å². The van der Waals surface area contributed by atoms with Gasteiger partial charge in [0.15, 0.2) is 6.29 Å². The van der Waals surface area contributed by atoms with Crippen molar-refractivity contribution in [2.45, 2.75) is 243 Å². The summed E-state index contributed by atoms with van der Waals surface area (Å²) in [5.74, 6) is -0.193. The van der Waals surface area contributed by atoms with E-state index in [1.54, 1.807) is 6.08 Å². The molecule has 368 valence electrons. The maximum absolute atomic E-state index is 13.0. The molecule has 1 aliphatic rings. The molecule has 0 saturated carbocycles. The standard InChI is InChI=1S/C55H95NO8/c1-3-5-7-9-11-13-15-17-18-19-20-21-22-23-24-25-26-27-28-29-30-31-32-33-35-37-39-41-43-45-51(59)56-48(47-63-55-54(62)53(61)52(60)50(46-57)64-55)49(58)44-42-40-38-36-34-16-14-12-10-8-6-4-2/h5,7,11,13,17-18,20-21,23-24,34,36,42,44,48-50,52-55,57-58,60-62H,3-4,6,8-10,12,14-16,19,22,25-33,35,37-41,43,45-47H2,1-2H3,(H,56,59)/b7-5-,13-11-,18-17-,21-20-,24-23-,36-34+,44-42+. The number of amides is 1. The van der Waals surface area contributed by atoms with E-state index in [1.165, 1.54) is 109 Å². The molecule has 0 aromatic carbocycles. The second-order valence-corrected chi connectivity index (χ2v) is 17.6. The van der Waals surface area contributed by atoms with Gasteiger partial charge in [-0.1, -0.05) is 202 Å². The van der Waals surface area contributed by atoms with E-state index < -0.39 is 49.5 Å². The van der Waals surface area contributed by atoms with Gasteiger partial charge in [0.25, 0.3) is 0 Å². The first-order valence-electron chi connectivity index (χ1n) is 25.8. The highest BCUT2D eigenvalue weighted by Crippen LogP contribution is 2.22. The van der Waals surface area contributed by atoms with Crippen molar-refractivity contribution in [2.24, 2.45) is 0 Å². The molecule has 1 rings (SSSR count). The van der Waals surface area contributed by atoms with Crippen molar-refractivity contribution in [3.8, 4) is 0 Å². The monoisotopic (exact) mass is 898 g/mol. The Bertz CT molecular complexity index is 1270. The summed E-state index contributed by atoms with van der Waals surface area (Å²) in [5, 5.41) is 54.2. The molecule has 7 atom stereocenters. The van der Waals surface area contributed by atoms with Gasteiger partial charge in [0, 0.05) is 6.42 Å². The number of aliphatic hydroxyl groups is 5. The number of hydrogen-bond donors (Lipinski definition) is 6. The van der Waals surface area contributed by atoms with Crippen LogP contribution in [0.25, 0.3) is 0 Å². The molecule has 0 aromatic rings. The van der Waals surface area contributed by atoms with Crippen LogP contribution in [0.3, 0.4) is 0 Å². The molecular weight excluding hydrogens is 803 g/mol. The minimum atomic E-state index is -1.57.